The summed E-state index contributed by atoms with van der Waals surface area (Å²) in [5, 5.41) is 0. The van der Waals surface area contributed by atoms with E-state index in [1.807, 2.05) is 19.0 Å². The summed E-state index contributed by atoms with van der Waals surface area (Å²) in [5.74, 6) is 0.241. The molecule has 0 aromatic carbocycles. The van der Waals surface area contributed by atoms with Crippen LogP contribution in [-0.2, 0) is 9.59 Å². The predicted octanol–water partition coefficient (Wildman–Crippen LogP) is 12.1. The zero-order chi connectivity index (χ0) is 30.9. The molecule has 0 spiro atoms. The highest BCUT2D eigenvalue weighted by atomic mass is 16.2. The second-order valence-electron chi connectivity index (χ2n) is 13.0. The number of nitrogens with zero attached hydrogens (tertiary/aromatic N) is 1. The number of Topliss-reactive ketones (excluding diaryl/α,β-unsaturated/α-hetero) is 2. The van der Waals surface area contributed by atoms with Crippen LogP contribution in [0.1, 0.15) is 194 Å². The van der Waals surface area contributed by atoms with Crippen LogP contribution in [0.15, 0.2) is 24.3 Å². The van der Waals surface area contributed by atoms with Gasteiger partial charge in [-0.2, -0.15) is 0 Å². The number of allylic oxidation sites excluding steroid dienone is 4. The first-order chi connectivity index (χ1) is 20.5. The lowest BCUT2D eigenvalue weighted by molar-refractivity contribution is -0.133. The molecule has 0 rings (SSSR count). The molecule has 246 valence electrons. The van der Waals surface area contributed by atoms with Crippen LogP contribution >= 0.6 is 0 Å². The number of unbranched alkanes of at least 4 members (excludes halogenated alkanes) is 22. The molecular formula is C39H73NO2. The van der Waals surface area contributed by atoms with Gasteiger partial charge < -0.3 is 0 Å². The fourth-order valence-corrected chi connectivity index (χ4v) is 5.77. The topological polar surface area (TPSA) is 37.4 Å². The molecule has 3 nitrogen and oxygen atoms in total. The molecule has 0 aromatic heterocycles. The molecule has 0 aliphatic rings. The van der Waals surface area contributed by atoms with Crippen LogP contribution in [-0.4, -0.2) is 36.6 Å². The molecule has 0 aromatic rings. The summed E-state index contributed by atoms with van der Waals surface area (Å²) in [4.78, 5) is 27.5. The van der Waals surface area contributed by atoms with E-state index < -0.39 is 6.04 Å². The maximum atomic E-state index is 12.8. The molecule has 0 aliphatic carbocycles. The Morgan fingerprint density at radius 1 is 0.429 bits per heavy atom. The van der Waals surface area contributed by atoms with E-state index in [-0.39, 0.29) is 11.6 Å². The maximum Gasteiger partial charge on any atom is 0.157 e. The van der Waals surface area contributed by atoms with Crippen molar-refractivity contribution >= 4 is 11.6 Å². The average molecular weight is 588 g/mol. The van der Waals surface area contributed by atoms with Crippen molar-refractivity contribution in [3.05, 3.63) is 24.3 Å². The number of hydrogen-bond donors (Lipinski definition) is 0. The highest BCUT2D eigenvalue weighted by Crippen LogP contribution is 2.15. The minimum absolute atomic E-state index is 0.121. The minimum Gasteiger partial charge on any atom is -0.297 e. The summed E-state index contributed by atoms with van der Waals surface area (Å²) in [7, 11) is 3.75. The second kappa shape index (κ2) is 32.7. The fraction of sp³-hybridized carbons (Fsp3) is 0.846. The first-order valence-corrected chi connectivity index (χ1v) is 18.6. The number of carbonyl (C=O) groups excluding carboxylic acids is 2. The first kappa shape index (κ1) is 40.8. The first-order valence-electron chi connectivity index (χ1n) is 18.6. The number of rotatable bonds is 33. The number of carbonyl (C=O) groups is 2. The molecule has 0 bridgehead atoms. The van der Waals surface area contributed by atoms with Gasteiger partial charge in [-0.15, -0.1) is 0 Å². The summed E-state index contributed by atoms with van der Waals surface area (Å²) >= 11 is 0. The SMILES string of the molecule is CCCCCCCCC=CCCCCCCCC(=O)C(C(=O)CCCCCCCC=CCCCCCCCC)N(C)C. The van der Waals surface area contributed by atoms with Crippen LogP contribution in [0.2, 0.25) is 0 Å². The fourth-order valence-electron chi connectivity index (χ4n) is 5.77. The van der Waals surface area contributed by atoms with Crippen LogP contribution in [0.25, 0.3) is 0 Å². The minimum atomic E-state index is -0.543. The van der Waals surface area contributed by atoms with Gasteiger partial charge in [0.2, 0.25) is 0 Å². The number of likely N-dealkylation sites (N-methyl/N-ethyl adjacent to an activating group) is 1. The molecular weight excluding hydrogens is 514 g/mol. The normalized spacial score (nSPS) is 12.7. The van der Waals surface area contributed by atoms with Crippen molar-refractivity contribution in [2.24, 2.45) is 0 Å². The maximum absolute atomic E-state index is 12.8. The lowest BCUT2D eigenvalue weighted by Crippen LogP contribution is -2.42. The van der Waals surface area contributed by atoms with Crippen molar-refractivity contribution in [3.8, 4) is 0 Å². The Morgan fingerprint density at radius 2 is 0.690 bits per heavy atom. The van der Waals surface area contributed by atoms with Crippen molar-refractivity contribution < 1.29 is 9.59 Å². The second-order valence-corrected chi connectivity index (χ2v) is 13.0. The van der Waals surface area contributed by atoms with Crippen molar-refractivity contribution in [2.75, 3.05) is 14.1 Å². The third-order valence-electron chi connectivity index (χ3n) is 8.50. The largest absolute Gasteiger partial charge is 0.297 e. The van der Waals surface area contributed by atoms with E-state index in [1.165, 1.54) is 141 Å². The molecule has 0 aliphatic heterocycles. The molecule has 0 amide bonds. The van der Waals surface area contributed by atoms with Gasteiger partial charge >= 0.3 is 0 Å². The molecule has 0 atom stereocenters. The van der Waals surface area contributed by atoms with Gasteiger partial charge in [0.15, 0.2) is 11.6 Å². The molecule has 42 heavy (non-hydrogen) atoms. The Labute approximate surface area is 263 Å². The third-order valence-corrected chi connectivity index (χ3v) is 8.50. The van der Waals surface area contributed by atoms with Gasteiger partial charge in [0, 0.05) is 12.8 Å². The molecule has 0 saturated carbocycles. The van der Waals surface area contributed by atoms with E-state index in [2.05, 4.69) is 38.2 Å². The molecule has 0 fully saturated rings. The van der Waals surface area contributed by atoms with Crippen LogP contribution in [0, 0.1) is 0 Å². The standard InChI is InChI=1S/C39H73NO2/c1-5-7-9-11-13-15-17-19-21-23-25-27-29-31-33-35-37(41)39(40(3)4)38(42)36-34-32-30-28-26-24-22-20-18-16-14-12-10-8-6-2/h19-22,39H,5-18,23-36H2,1-4H3. The van der Waals surface area contributed by atoms with Gasteiger partial charge in [0.1, 0.15) is 6.04 Å². The van der Waals surface area contributed by atoms with E-state index >= 15 is 0 Å². The number of ketones is 2. The van der Waals surface area contributed by atoms with E-state index in [1.54, 1.807) is 0 Å². The van der Waals surface area contributed by atoms with Gasteiger partial charge in [0.25, 0.3) is 0 Å². The van der Waals surface area contributed by atoms with E-state index in [9.17, 15) is 9.59 Å². The van der Waals surface area contributed by atoms with Gasteiger partial charge in [-0.3, -0.25) is 14.5 Å². The predicted molar refractivity (Wildman–Crippen MR) is 186 cm³/mol. The summed E-state index contributed by atoms with van der Waals surface area (Å²) in [5.41, 5.74) is 0. The van der Waals surface area contributed by atoms with Crippen LogP contribution < -0.4 is 0 Å². The summed E-state index contributed by atoms with van der Waals surface area (Å²) in [6, 6.07) is -0.543. The Hall–Kier alpha value is -1.22. The van der Waals surface area contributed by atoms with E-state index in [0.29, 0.717) is 12.8 Å². The zero-order valence-electron chi connectivity index (χ0n) is 28.9. The van der Waals surface area contributed by atoms with Crippen LogP contribution in [0.3, 0.4) is 0 Å². The zero-order valence-corrected chi connectivity index (χ0v) is 28.9. The highest BCUT2D eigenvalue weighted by Gasteiger charge is 2.27. The Balaban J connectivity index is 3.76. The molecule has 3 heteroatoms. The third kappa shape index (κ3) is 27.6. The summed E-state index contributed by atoms with van der Waals surface area (Å²) < 4.78 is 0. The van der Waals surface area contributed by atoms with Gasteiger partial charge in [-0.05, 0) is 78.3 Å². The summed E-state index contributed by atoms with van der Waals surface area (Å²) in [6.45, 7) is 4.54. The molecule has 0 heterocycles. The molecule has 0 radical (unpaired) electrons. The van der Waals surface area contributed by atoms with E-state index in [0.717, 1.165) is 25.7 Å². The van der Waals surface area contributed by atoms with Gasteiger partial charge in [0.05, 0.1) is 0 Å². The van der Waals surface area contributed by atoms with Crippen molar-refractivity contribution in [2.45, 2.75) is 200 Å². The number of hydrogen-bond acceptors (Lipinski definition) is 3. The quantitative estimate of drug-likeness (QED) is 0.0435. The molecule has 0 N–H and O–H groups in total. The molecule has 0 unspecified atom stereocenters. The van der Waals surface area contributed by atoms with Crippen molar-refractivity contribution in [1.82, 2.24) is 4.90 Å². The van der Waals surface area contributed by atoms with Gasteiger partial charge in [-0.25, -0.2) is 0 Å². The lowest BCUT2D eigenvalue weighted by Gasteiger charge is -2.22. The van der Waals surface area contributed by atoms with Gasteiger partial charge in [-0.1, -0.05) is 141 Å². The average Bonchev–Trinajstić information content (AvgIpc) is 2.97. The lowest BCUT2D eigenvalue weighted by atomic mass is 9.97. The Bertz CT molecular complexity index is 599. The summed E-state index contributed by atoms with van der Waals surface area (Å²) in [6.07, 6.45) is 43.2. The van der Waals surface area contributed by atoms with Crippen LogP contribution in [0.5, 0.6) is 0 Å². The van der Waals surface area contributed by atoms with E-state index in [4.69, 9.17) is 0 Å². The molecule has 0 saturated heterocycles. The van der Waals surface area contributed by atoms with Crippen LogP contribution in [0.4, 0.5) is 0 Å². The smallest absolute Gasteiger partial charge is 0.157 e. The highest BCUT2D eigenvalue weighted by molar-refractivity contribution is 6.06. The van der Waals surface area contributed by atoms with Crippen molar-refractivity contribution in [3.63, 3.8) is 0 Å². The van der Waals surface area contributed by atoms with Crippen molar-refractivity contribution in [1.29, 1.82) is 0 Å². The Morgan fingerprint density at radius 3 is 0.976 bits per heavy atom. The monoisotopic (exact) mass is 588 g/mol. The Kier molecular flexibility index (Phi) is 31.7.